The Bertz CT molecular complexity index is 586. The van der Waals surface area contributed by atoms with E-state index in [1.165, 1.54) is 10.5 Å². The van der Waals surface area contributed by atoms with E-state index in [1.54, 1.807) is 23.9 Å². The third kappa shape index (κ3) is 4.71. The summed E-state index contributed by atoms with van der Waals surface area (Å²) in [7, 11) is 0. The summed E-state index contributed by atoms with van der Waals surface area (Å²) in [6, 6.07) is 13.6. The van der Waals surface area contributed by atoms with Gasteiger partial charge in [0.1, 0.15) is 0 Å². The molecule has 20 heavy (non-hydrogen) atoms. The predicted molar refractivity (Wildman–Crippen MR) is 88.1 cm³/mol. The fourth-order valence-corrected chi connectivity index (χ4v) is 3.25. The second-order valence-electron chi connectivity index (χ2n) is 4.72. The number of halogens is 2. The summed E-state index contributed by atoms with van der Waals surface area (Å²) < 4.78 is 0. The van der Waals surface area contributed by atoms with Crippen molar-refractivity contribution in [3.63, 3.8) is 0 Å². The van der Waals surface area contributed by atoms with Crippen LogP contribution in [0.2, 0.25) is 10.0 Å². The number of aryl methyl sites for hydroxylation is 1. The van der Waals surface area contributed by atoms with Crippen molar-refractivity contribution in [3.8, 4) is 0 Å². The Morgan fingerprint density at radius 1 is 1.15 bits per heavy atom. The maximum Gasteiger partial charge on any atom is 0.0674 e. The molecule has 0 heterocycles. The molecule has 1 nitrogen and oxygen atoms in total. The number of aliphatic hydroxyl groups is 1. The Balaban J connectivity index is 1.92. The average molecular weight is 327 g/mol. The highest BCUT2D eigenvalue weighted by molar-refractivity contribution is 7.99. The summed E-state index contributed by atoms with van der Waals surface area (Å²) in [5, 5.41) is 11.4. The van der Waals surface area contributed by atoms with Gasteiger partial charge < -0.3 is 5.11 Å². The molecule has 0 bridgehead atoms. The molecule has 2 aromatic carbocycles. The first kappa shape index (κ1) is 15.7. The normalized spacial score (nSPS) is 12.4. The van der Waals surface area contributed by atoms with Gasteiger partial charge in [-0.05, 0) is 42.8 Å². The van der Waals surface area contributed by atoms with Crippen LogP contribution in [0, 0.1) is 6.92 Å². The Hall–Kier alpha value is -0.670. The zero-order valence-corrected chi connectivity index (χ0v) is 13.5. The van der Waals surface area contributed by atoms with Crippen molar-refractivity contribution in [1.29, 1.82) is 0 Å². The van der Waals surface area contributed by atoms with Gasteiger partial charge in [-0.2, -0.15) is 0 Å². The van der Waals surface area contributed by atoms with Crippen LogP contribution in [0.25, 0.3) is 0 Å². The molecule has 0 saturated heterocycles. The number of benzene rings is 2. The van der Waals surface area contributed by atoms with Crippen molar-refractivity contribution < 1.29 is 5.11 Å². The predicted octanol–water partition coefficient (Wildman–Crippen LogP) is 5.00. The molecule has 0 fully saturated rings. The SMILES string of the molecule is Cc1cccc(SCC(O)Cc2cc(Cl)ccc2Cl)c1. The molecule has 0 amide bonds. The standard InChI is InChI=1S/C16H16Cl2OS/c1-11-3-2-4-15(7-11)20-10-14(19)9-12-8-13(17)5-6-16(12)18/h2-8,14,19H,9-10H2,1H3. The molecule has 1 unspecified atom stereocenters. The Morgan fingerprint density at radius 3 is 2.70 bits per heavy atom. The molecule has 0 radical (unpaired) electrons. The number of aliphatic hydroxyl groups excluding tert-OH is 1. The van der Waals surface area contributed by atoms with Crippen LogP contribution in [0.15, 0.2) is 47.4 Å². The van der Waals surface area contributed by atoms with Crippen molar-refractivity contribution in [1.82, 2.24) is 0 Å². The van der Waals surface area contributed by atoms with Gasteiger partial charge in [-0.25, -0.2) is 0 Å². The molecule has 0 saturated carbocycles. The summed E-state index contributed by atoms with van der Waals surface area (Å²) in [4.78, 5) is 1.17. The van der Waals surface area contributed by atoms with E-state index >= 15 is 0 Å². The Kier molecular flexibility index (Phi) is 5.79. The van der Waals surface area contributed by atoms with E-state index in [0.717, 1.165) is 5.56 Å². The highest BCUT2D eigenvalue weighted by Gasteiger charge is 2.10. The van der Waals surface area contributed by atoms with Crippen LogP contribution in [-0.4, -0.2) is 17.0 Å². The fourth-order valence-electron chi connectivity index (χ4n) is 1.91. The minimum atomic E-state index is -0.448. The van der Waals surface area contributed by atoms with E-state index in [0.29, 0.717) is 22.2 Å². The zero-order valence-electron chi connectivity index (χ0n) is 11.1. The van der Waals surface area contributed by atoms with E-state index in [1.807, 2.05) is 12.1 Å². The van der Waals surface area contributed by atoms with Gasteiger partial charge in [0.2, 0.25) is 0 Å². The van der Waals surface area contributed by atoms with Crippen LogP contribution < -0.4 is 0 Å². The van der Waals surface area contributed by atoms with Crippen LogP contribution in [0.5, 0.6) is 0 Å². The van der Waals surface area contributed by atoms with Crippen molar-refractivity contribution in [3.05, 3.63) is 63.6 Å². The number of hydrogen-bond acceptors (Lipinski definition) is 2. The van der Waals surface area contributed by atoms with Crippen molar-refractivity contribution in [2.75, 3.05) is 5.75 Å². The van der Waals surface area contributed by atoms with Crippen LogP contribution in [0.4, 0.5) is 0 Å². The molecule has 0 aromatic heterocycles. The fraction of sp³-hybridized carbons (Fsp3) is 0.250. The molecule has 1 atom stereocenters. The summed E-state index contributed by atoms with van der Waals surface area (Å²) in [6.45, 7) is 2.06. The van der Waals surface area contributed by atoms with E-state index in [9.17, 15) is 5.11 Å². The second kappa shape index (κ2) is 7.37. The van der Waals surface area contributed by atoms with Gasteiger partial charge >= 0.3 is 0 Å². The zero-order chi connectivity index (χ0) is 14.5. The van der Waals surface area contributed by atoms with Gasteiger partial charge in [0.05, 0.1) is 6.10 Å². The number of thioether (sulfide) groups is 1. The molecule has 0 aliphatic carbocycles. The van der Waals surface area contributed by atoms with Crippen LogP contribution in [0.3, 0.4) is 0 Å². The lowest BCUT2D eigenvalue weighted by molar-refractivity contribution is 0.200. The lowest BCUT2D eigenvalue weighted by Crippen LogP contribution is -2.13. The van der Waals surface area contributed by atoms with Crippen LogP contribution in [-0.2, 0) is 6.42 Å². The van der Waals surface area contributed by atoms with Crippen LogP contribution in [0.1, 0.15) is 11.1 Å². The first-order valence-corrected chi connectivity index (χ1v) is 8.10. The van der Waals surface area contributed by atoms with Crippen molar-refractivity contribution >= 4 is 35.0 Å². The van der Waals surface area contributed by atoms with Gasteiger partial charge in [-0.1, -0.05) is 40.9 Å². The summed E-state index contributed by atoms with van der Waals surface area (Å²) in [5.41, 5.74) is 2.11. The van der Waals surface area contributed by atoms with Gasteiger partial charge in [0.15, 0.2) is 0 Å². The summed E-state index contributed by atoms with van der Waals surface area (Å²) in [6.07, 6.45) is 0.0644. The molecule has 106 valence electrons. The topological polar surface area (TPSA) is 20.2 Å². The third-order valence-electron chi connectivity index (χ3n) is 2.90. The number of rotatable bonds is 5. The Morgan fingerprint density at radius 2 is 1.95 bits per heavy atom. The number of hydrogen-bond donors (Lipinski definition) is 1. The molecule has 0 aliphatic heterocycles. The summed E-state index contributed by atoms with van der Waals surface area (Å²) >= 11 is 13.7. The van der Waals surface area contributed by atoms with Gasteiger partial charge in [0.25, 0.3) is 0 Å². The van der Waals surface area contributed by atoms with E-state index < -0.39 is 6.10 Å². The lowest BCUT2D eigenvalue weighted by atomic mass is 10.1. The lowest BCUT2D eigenvalue weighted by Gasteiger charge is -2.12. The van der Waals surface area contributed by atoms with Crippen molar-refractivity contribution in [2.24, 2.45) is 0 Å². The van der Waals surface area contributed by atoms with Crippen LogP contribution >= 0.6 is 35.0 Å². The van der Waals surface area contributed by atoms with Crippen molar-refractivity contribution in [2.45, 2.75) is 24.3 Å². The largest absolute Gasteiger partial charge is 0.392 e. The summed E-state index contributed by atoms with van der Waals surface area (Å²) in [5.74, 6) is 0.631. The first-order chi connectivity index (χ1) is 9.54. The molecular weight excluding hydrogens is 311 g/mol. The third-order valence-corrected chi connectivity index (χ3v) is 4.64. The maximum absolute atomic E-state index is 10.1. The monoisotopic (exact) mass is 326 g/mol. The van der Waals surface area contributed by atoms with Gasteiger partial charge in [-0.3, -0.25) is 0 Å². The van der Waals surface area contributed by atoms with E-state index in [4.69, 9.17) is 23.2 Å². The molecule has 2 aromatic rings. The molecule has 4 heteroatoms. The average Bonchev–Trinajstić information content (AvgIpc) is 2.41. The smallest absolute Gasteiger partial charge is 0.0674 e. The highest BCUT2D eigenvalue weighted by Crippen LogP contribution is 2.24. The minimum absolute atomic E-state index is 0.448. The molecule has 0 aliphatic rings. The van der Waals surface area contributed by atoms with E-state index in [-0.39, 0.29) is 0 Å². The molecule has 0 spiro atoms. The first-order valence-electron chi connectivity index (χ1n) is 6.36. The highest BCUT2D eigenvalue weighted by atomic mass is 35.5. The molecule has 2 rings (SSSR count). The van der Waals surface area contributed by atoms with Gasteiger partial charge in [0, 0.05) is 27.1 Å². The quantitative estimate of drug-likeness (QED) is 0.780. The van der Waals surface area contributed by atoms with E-state index in [2.05, 4.69) is 25.1 Å². The Labute approximate surface area is 133 Å². The second-order valence-corrected chi connectivity index (χ2v) is 6.66. The van der Waals surface area contributed by atoms with Gasteiger partial charge in [-0.15, -0.1) is 11.8 Å². The minimum Gasteiger partial charge on any atom is -0.392 e. The maximum atomic E-state index is 10.1. The molecule has 1 N–H and O–H groups in total. The molecular formula is C16H16Cl2OS.